The van der Waals surface area contributed by atoms with Crippen molar-refractivity contribution in [1.82, 2.24) is 5.32 Å². The van der Waals surface area contributed by atoms with Gasteiger partial charge in [-0.15, -0.1) is 0 Å². The van der Waals surface area contributed by atoms with Gasteiger partial charge in [0, 0.05) is 5.41 Å². The number of rotatable bonds is 3. The molecule has 112 valence electrons. The highest BCUT2D eigenvalue weighted by atomic mass is 16.2. The molecule has 4 fully saturated rings. The SMILES string of the molecule is C[C@H](NC(=O)C12CC3CC(CC(C3)C1)C2)c1ccccc1. The lowest BCUT2D eigenvalue weighted by molar-refractivity contribution is -0.147. The maximum absolute atomic E-state index is 13.0. The Kier molecular flexibility index (Phi) is 3.09. The van der Waals surface area contributed by atoms with Crippen molar-refractivity contribution in [2.75, 3.05) is 0 Å². The fraction of sp³-hybridized carbons (Fsp3) is 0.632. The summed E-state index contributed by atoms with van der Waals surface area (Å²) in [5.41, 5.74) is 1.17. The Balaban J connectivity index is 1.50. The van der Waals surface area contributed by atoms with Gasteiger partial charge < -0.3 is 5.32 Å². The first-order valence-electron chi connectivity index (χ1n) is 8.50. The second-order valence-electron chi connectivity index (χ2n) is 7.80. The summed E-state index contributed by atoms with van der Waals surface area (Å²) in [6.07, 6.45) is 7.60. The number of amides is 1. The normalized spacial score (nSPS) is 38.2. The lowest BCUT2D eigenvalue weighted by Crippen LogP contribution is -2.53. The van der Waals surface area contributed by atoms with Crippen LogP contribution in [-0.4, -0.2) is 5.91 Å². The van der Waals surface area contributed by atoms with Gasteiger partial charge >= 0.3 is 0 Å². The number of benzene rings is 1. The maximum Gasteiger partial charge on any atom is 0.226 e. The molecule has 0 spiro atoms. The summed E-state index contributed by atoms with van der Waals surface area (Å²) in [4.78, 5) is 13.0. The van der Waals surface area contributed by atoms with Crippen molar-refractivity contribution in [3.63, 3.8) is 0 Å². The fourth-order valence-electron chi connectivity index (χ4n) is 5.56. The summed E-state index contributed by atoms with van der Waals surface area (Å²) in [5, 5.41) is 3.31. The van der Waals surface area contributed by atoms with Crippen LogP contribution >= 0.6 is 0 Å². The summed E-state index contributed by atoms with van der Waals surface area (Å²) in [5.74, 6) is 2.81. The van der Waals surface area contributed by atoms with Gasteiger partial charge in [0.1, 0.15) is 0 Å². The van der Waals surface area contributed by atoms with Crippen molar-refractivity contribution in [3.05, 3.63) is 35.9 Å². The van der Waals surface area contributed by atoms with Gasteiger partial charge in [-0.1, -0.05) is 30.3 Å². The molecule has 5 rings (SSSR count). The molecule has 0 radical (unpaired) electrons. The number of carbonyl (C=O) groups is 1. The molecule has 0 aromatic heterocycles. The van der Waals surface area contributed by atoms with E-state index in [-0.39, 0.29) is 11.5 Å². The Morgan fingerprint density at radius 3 is 2.10 bits per heavy atom. The molecule has 0 unspecified atom stereocenters. The molecule has 2 nitrogen and oxygen atoms in total. The largest absolute Gasteiger partial charge is 0.349 e. The standard InChI is InChI=1S/C19H25NO/c1-13(17-5-3-2-4-6-17)20-18(21)19-10-14-7-15(11-19)9-16(8-14)12-19/h2-6,13-16H,7-12H2,1H3,(H,20,21)/t13-,14?,15?,16?,19?/m0/s1. The fourth-order valence-corrected chi connectivity index (χ4v) is 5.56. The van der Waals surface area contributed by atoms with Gasteiger partial charge in [-0.2, -0.15) is 0 Å². The van der Waals surface area contributed by atoms with E-state index < -0.39 is 0 Å². The molecule has 0 heterocycles. The van der Waals surface area contributed by atoms with Crippen LogP contribution < -0.4 is 5.32 Å². The maximum atomic E-state index is 13.0. The van der Waals surface area contributed by atoms with E-state index in [9.17, 15) is 4.79 Å². The molecule has 1 aromatic carbocycles. The van der Waals surface area contributed by atoms with Crippen LogP contribution in [0, 0.1) is 23.2 Å². The van der Waals surface area contributed by atoms with Gasteiger partial charge in [0.15, 0.2) is 0 Å². The van der Waals surface area contributed by atoms with Crippen molar-refractivity contribution in [3.8, 4) is 0 Å². The van der Waals surface area contributed by atoms with Gasteiger partial charge in [-0.3, -0.25) is 4.79 Å². The molecular weight excluding hydrogens is 258 g/mol. The molecule has 1 N–H and O–H groups in total. The van der Waals surface area contributed by atoms with E-state index >= 15 is 0 Å². The number of nitrogens with one attached hydrogen (secondary N) is 1. The molecule has 4 bridgehead atoms. The van der Waals surface area contributed by atoms with E-state index in [1.807, 2.05) is 18.2 Å². The average molecular weight is 283 g/mol. The summed E-state index contributed by atoms with van der Waals surface area (Å²) in [7, 11) is 0. The summed E-state index contributed by atoms with van der Waals surface area (Å²) < 4.78 is 0. The molecule has 4 saturated carbocycles. The van der Waals surface area contributed by atoms with Crippen LogP contribution in [0.25, 0.3) is 0 Å². The molecule has 4 aliphatic carbocycles. The summed E-state index contributed by atoms with van der Waals surface area (Å²) in [6.45, 7) is 2.10. The average Bonchev–Trinajstić information content (AvgIpc) is 2.46. The van der Waals surface area contributed by atoms with Gasteiger partial charge in [0.2, 0.25) is 5.91 Å². The van der Waals surface area contributed by atoms with Crippen molar-refractivity contribution in [1.29, 1.82) is 0 Å². The first-order valence-corrected chi connectivity index (χ1v) is 8.50. The van der Waals surface area contributed by atoms with Crippen LogP contribution in [0.15, 0.2) is 30.3 Å². The van der Waals surface area contributed by atoms with E-state index in [0.717, 1.165) is 37.0 Å². The van der Waals surface area contributed by atoms with Crippen molar-refractivity contribution < 1.29 is 4.79 Å². The van der Waals surface area contributed by atoms with Crippen molar-refractivity contribution in [2.45, 2.75) is 51.5 Å². The van der Waals surface area contributed by atoms with Gasteiger partial charge in [-0.25, -0.2) is 0 Å². The predicted molar refractivity (Wildman–Crippen MR) is 83.6 cm³/mol. The second-order valence-corrected chi connectivity index (χ2v) is 7.80. The second kappa shape index (κ2) is 4.86. The Hall–Kier alpha value is -1.31. The lowest BCUT2D eigenvalue weighted by Gasteiger charge is -2.55. The molecule has 4 aliphatic rings. The quantitative estimate of drug-likeness (QED) is 0.889. The van der Waals surface area contributed by atoms with E-state index in [1.54, 1.807) is 0 Å². The van der Waals surface area contributed by atoms with Crippen LogP contribution in [0.1, 0.15) is 57.1 Å². The third-order valence-electron chi connectivity index (χ3n) is 6.17. The van der Waals surface area contributed by atoms with E-state index in [2.05, 4.69) is 24.4 Å². The molecule has 1 amide bonds. The Morgan fingerprint density at radius 1 is 1.05 bits per heavy atom. The number of carbonyl (C=O) groups excluding carboxylic acids is 1. The summed E-state index contributed by atoms with van der Waals surface area (Å²) in [6, 6.07) is 10.4. The van der Waals surface area contributed by atoms with Crippen LogP contribution in [0.2, 0.25) is 0 Å². The molecule has 21 heavy (non-hydrogen) atoms. The van der Waals surface area contributed by atoms with Crippen molar-refractivity contribution in [2.24, 2.45) is 23.2 Å². The minimum atomic E-state index is -0.0300. The molecule has 0 saturated heterocycles. The highest BCUT2D eigenvalue weighted by Crippen LogP contribution is 2.60. The highest BCUT2D eigenvalue weighted by Gasteiger charge is 2.54. The minimum Gasteiger partial charge on any atom is -0.349 e. The zero-order valence-corrected chi connectivity index (χ0v) is 12.8. The van der Waals surface area contributed by atoms with Crippen LogP contribution in [0.5, 0.6) is 0 Å². The lowest BCUT2D eigenvalue weighted by atomic mass is 9.49. The number of hydrogen-bond donors (Lipinski definition) is 1. The van der Waals surface area contributed by atoms with Gasteiger partial charge in [0.25, 0.3) is 0 Å². The zero-order valence-electron chi connectivity index (χ0n) is 12.8. The van der Waals surface area contributed by atoms with Crippen LogP contribution in [0.4, 0.5) is 0 Å². The van der Waals surface area contributed by atoms with Crippen molar-refractivity contribution >= 4 is 5.91 Å². The van der Waals surface area contributed by atoms with E-state index in [4.69, 9.17) is 0 Å². The Morgan fingerprint density at radius 2 is 1.57 bits per heavy atom. The predicted octanol–water partition coefficient (Wildman–Crippen LogP) is 4.08. The molecule has 0 aliphatic heterocycles. The number of hydrogen-bond acceptors (Lipinski definition) is 1. The molecular formula is C19H25NO. The first-order chi connectivity index (χ1) is 10.1. The highest BCUT2D eigenvalue weighted by molar-refractivity contribution is 5.83. The third kappa shape index (κ3) is 2.29. The van der Waals surface area contributed by atoms with E-state index in [1.165, 1.54) is 24.8 Å². The molecule has 2 heteroatoms. The topological polar surface area (TPSA) is 29.1 Å². The zero-order chi connectivity index (χ0) is 14.4. The monoisotopic (exact) mass is 283 g/mol. The molecule has 1 aromatic rings. The van der Waals surface area contributed by atoms with Gasteiger partial charge in [0.05, 0.1) is 6.04 Å². The third-order valence-corrected chi connectivity index (χ3v) is 6.17. The van der Waals surface area contributed by atoms with Crippen LogP contribution in [-0.2, 0) is 4.79 Å². The van der Waals surface area contributed by atoms with Gasteiger partial charge in [-0.05, 0) is 68.8 Å². The summed E-state index contributed by atoms with van der Waals surface area (Å²) >= 11 is 0. The first kappa shape index (κ1) is 13.4. The molecule has 1 atom stereocenters. The Bertz CT molecular complexity index is 500. The smallest absolute Gasteiger partial charge is 0.226 e. The Labute approximate surface area is 127 Å². The van der Waals surface area contributed by atoms with E-state index in [0.29, 0.717) is 5.91 Å². The minimum absolute atomic E-state index is 0.0300. The van der Waals surface area contributed by atoms with Crippen LogP contribution in [0.3, 0.4) is 0 Å².